The third-order valence-corrected chi connectivity index (χ3v) is 6.08. The summed E-state index contributed by atoms with van der Waals surface area (Å²) in [6.45, 7) is 7.96. The van der Waals surface area contributed by atoms with Gasteiger partial charge in [0, 0.05) is 5.92 Å². The van der Waals surface area contributed by atoms with E-state index in [2.05, 4.69) is 20.8 Å². The number of hydrogen-bond donors (Lipinski definition) is 0. The second-order valence-electron chi connectivity index (χ2n) is 7.32. The Balaban J connectivity index is 1.95. The molecule has 0 N–H and O–H groups in total. The molecule has 2 aliphatic carbocycles. The van der Waals surface area contributed by atoms with Gasteiger partial charge in [0.1, 0.15) is 0 Å². The van der Waals surface area contributed by atoms with E-state index in [1.54, 1.807) is 0 Å². The first-order valence-electron chi connectivity index (χ1n) is 7.12. The summed E-state index contributed by atoms with van der Waals surface area (Å²) in [6.07, 6.45) is 6.24. The lowest BCUT2D eigenvalue weighted by molar-refractivity contribution is -0.143. The molecular formula is C15H24O2. The van der Waals surface area contributed by atoms with Crippen LogP contribution >= 0.6 is 0 Å². The first-order chi connectivity index (χ1) is 7.95. The minimum atomic E-state index is 0.0815. The van der Waals surface area contributed by atoms with Crippen molar-refractivity contribution in [1.82, 2.24) is 0 Å². The van der Waals surface area contributed by atoms with Gasteiger partial charge < -0.3 is 4.74 Å². The Labute approximate surface area is 104 Å². The molecule has 0 bridgehead atoms. The van der Waals surface area contributed by atoms with Crippen molar-refractivity contribution in [3.8, 4) is 0 Å². The van der Waals surface area contributed by atoms with E-state index in [9.17, 15) is 4.79 Å². The Bertz CT molecular complexity index is 347. The van der Waals surface area contributed by atoms with E-state index in [1.807, 2.05) is 0 Å². The van der Waals surface area contributed by atoms with Crippen LogP contribution in [0.5, 0.6) is 0 Å². The van der Waals surface area contributed by atoms with Gasteiger partial charge in [-0.05, 0) is 42.4 Å². The van der Waals surface area contributed by atoms with E-state index in [0.29, 0.717) is 23.4 Å². The maximum absolute atomic E-state index is 11.8. The molecule has 3 aliphatic rings. The third kappa shape index (κ3) is 1.49. The molecule has 0 amide bonds. The summed E-state index contributed by atoms with van der Waals surface area (Å²) in [6, 6.07) is 0. The van der Waals surface area contributed by atoms with Crippen LogP contribution in [-0.2, 0) is 9.53 Å². The van der Waals surface area contributed by atoms with Gasteiger partial charge in [0.15, 0.2) is 0 Å². The highest BCUT2D eigenvalue weighted by Crippen LogP contribution is 2.62. The maximum Gasteiger partial charge on any atom is 0.309 e. The molecule has 2 heteroatoms. The molecule has 4 unspecified atom stereocenters. The van der Waals surface area contributed by atoms with E-state index >= 15 is 0 Å². The quantitative estimate of drug-likeness (QED) is 0.602. The van der Waals surface area contributed by atoms with Crippen molar-refractivity contribution in [2.45, 2.75) is 52.9 Å². The smallest absolute Gasteiger partial charge is 0.309 e. The number of ether oxygens (including phenoxy) is 1. The lowest BCUT2D eigenvalue weighted by atomic mass is 9.47. The third-order valence-electron chi connectivity index (χ3n) is 6.08. The zero-order chi connectivity index (χ0) is 12.3. The van der Waals surface area contributed by atoms with Crippen molar-refractivity contribution in [2.24, 2.45) is 28.6 Å². The van der Waals surface area contributed by atoms with Gasteiger partial charge in [0.25, 0.3) is 0 Å². The summed E-state index contributed by atoms with van der Waals surface area (Å²) in [5, 5.41) is 0. The van der Waals surface area contributed by atoms with Gasteiger partial charge in [-0.15, -0.1) is 0 Å². The van der Waals surface area contributed by atoms with Crippen LogP contribution in [0.2, 0.25) is 0 Å². The number of hydrogen-bond acceptors (Lipinski definition) is 2. The van der Waals surface area contributed by atoms with Crippen LogP contribution < -0.4 is 0 Å². The molecule has 3 rings (SSSR count). The summed E-state index contributed by atoms with van der Waals surface area (Å²) in [7, 11) is 0. The zero-order valence-electron chi connectivity index (χ0n) is 11.3. The van der Waals surface area contributed by atoms with Crippen molar-refractivity contribution in [2.75, 3.05) is 6.61 Å². The van der Waals surface area contributed by atoms with Crippen LogP contribution in [0.15, 0.2) is 0 Å². The Morgan fingerprint density at radius 1 is 1.18 bits per heavy atom. The first kappa shape index (κ1) is 11.6. The monoisotopic (exact) mass is 236 g/mol. The lowest BCUT2D eigenvalue weighted by Gasteiger charge is -2.57. The van der Waals surface area contributed by atoms with E-state index in [1.165, 1.54) is 25.7 Å². The number of rotatable bonds is 0. The molecule has 0 aromatic carbocycles. The predicted molar refractivity (Wildman–Crippen MR) is 66.4 cm³/mol. The molecule has 0 aromatic heterocycles. The van der Waals surface area contributed by atoms with Gasteiger partial charge in [0.2, 0.25) is 0 Å². The maximum atomic E-state index is 11.8. The predicted octanol–water partition coefficient (Wildman–Crippen LogP) is 3.40. The standard InChI is InChI=1S/C15H24O2/c1-14(2)7-4-8-15(3)11-9-17-13(16)10(11)5-6-12(14)15/h10-12H,4-9H2,1-3H3. The van der Waals surface area contributed by atoms with E-state index in [0.717, 1.165) is 12.3 Å². The summed E-state index contributed by atoms with van der Waals surface area (Å²) >= 11 is 0. The second-order valence-corrected chi connectivity index (χ2v) is 7.32. The fourth-order valence-corrected chi connectivity index (χ4v) is 5.20. The van der Waals surface area contributed by atoms with Crippen molar-refractivity contribution in [3.05, 3.63) is 0 Å². The van der Waals surface area contributed by atoms with Gasteiger partial charge in [-0.3, -0.25) is 4.79 Å². The number of fused-ring (bicyclic) bond motifs is 3. The normalized spacial score (nSPS) is 48.2. The van der Waals surface area contributed by atoms with Gasteiger partial charge in [-0.25, -0.2) is 0 Å². The summed E-state index contributed by atoms with van der Waals surface area (Å²) in [5.41, 5.74) is 0.792. The molecule has 1 heterocycles. The molecule has 1 saturated heterocycles. The minimum absolute atomic E-state index is 0.0815. The summed E-state index contributed by atoms with van der Waals surface area (Å²) < 4.78 is 5.34. The second kappa shape index (κ2) is 3.49. The Morgan fingerprint density at radius 3 is 2.71 bits per heavy atom. The molecular weight excluding hydrogens is 212 g/mol. The van der Waals surface area contributed by atoms with E-state index < -0.39 is 0 Å². The van der Waals surface area contributed by atoms with Gasteiger partial charge in [0.05, 0.1) is 12.5 Å². The van der Waals surface area contributed by atoms with E-state index in [-0.39, 0.29) is 11.9 Å². The molecule has 1 aliphatic heterocycles. The first-order valence-corrected chi connectivity index (χ1v) is 7.12. The lowest BCUT2D eigenvalue weighted by Crippen LogP contribution is -2.51. The van der Waals surface area contributed by atoms with Gasteiger partial charge >= 0.3 is 5.97 Å². The van der Waals surface area contributed by atoms with Gasteiger partial charge in [-0.1, -0.05) is 27.2 Å². The molecule has 0 spiro atoms. The fraction of sp³-hybridized carbons (Fsp3) is 0.933. The topological polar surface area (TPSA) is 26.3 Å². The van der Waals surface area contributed by atoms with Crippen molar-refractivity contribution in [1.29, 1.82) is 0 Å². The molecule has 2 saturated carbocycles. The SMILES string of the molecule is CC1(C)CCCC2(C)C3COC(=O)C3CCC12. The van der Waals surface area contributed by atoms with Crippen LogP contribution in [-0.4, -0.2) is 12.6 Å². The molecule has 3 fully saturated rings. The van der Waals surface area contributed by atoms with Crippen LogP contribution in [0.25, 0.3) is 0 Å². The van der Waals surface area contributed by atoms with Crippen LogP contribution in [0.3, 0.4) is 0 Å². The molecule has 0 radical (unpaired) electrons. The number of carbonyl (C=O) groups excluding carboxylic acids is 1. The molecule has 96 valence electrons. The highest BCUT2D eigenvalue weighted by Gasteiger charge is 2.58. The van der Waals surface area contributed by atoms with Crippen LogP contribution in [0.1, 0.15) is 52.9 Å². The Hall–Kier alpha value is -0.530. The fourth-order valence-electron chi connectivity index (χ4n) is 5.20. The molecule has 2 nitrogen and oxygen atoms in total. The van der Waals surface area contributed by atoms with Gasteiger partial charge in [-0.2, -0.15) is 0 Å². The minimum Gasteiger partial charge on any atom is -0.465 e. The highest BCUT2D eigenvalue weighted by atomic mass is 16.5. The Morgan fingerprint density at radius 2 is 1.94 bits per heavy atom. The summed E-state index contributed by atoms with van der Waals surface area (Å²) in [4.78, 5) is 11.8. The average molecular weight is 236 g/mol. The molecule has 4 atom stereocenters. The Kier molecular flexibility index (Phi) is 2.37. The number of carbonyl (C=O) groups is 1. The van der Waals surface area contributed by atoms with E-state index in [4.69, 9.17) is 4.74 Å². The van der Waals surface area contributed by atoms with Crippen molar-refractivity contribution >= 4 is 5.97 Å². The highest BCUT2D eigenvalue weighted by molar-refractivity contribution is 5.75. The zero-order valence-corrected chi connectivity index (χ0v) is 11.3. The van der Waals surface area contributed by atoms with Crippen molar-refractivity contribution in [3.63, 3.8) is 0 Å². The molecule has 0 aromatic rings. The summed E-state index contributed by atoms with van der Waals surface area (Å²) in [5.74, 6) is 1.57. The van der Waals surface area contributed by atoms with Crippen LogP contribution in [0, 0.1) is 28.6 Å². The average Bonchev–Trinajstić information content (AvgIpc) is 2.60. The number of cyclic esters (lactones) is 1. The largest absolute Gasteiger partial charge is 0.465 e. The number of esters is 1. The molecule has 17 heavy (non-hydrogen) atoms. The van der Waals surface area contributed by atoms with Crippen molar-refractivity contribution < 1.29 is 9.53 Å². The van der Waals surface area contributed by atoms with Crippen LogP contribution in [0.4, 0.5) is 0 Å².